The second-order valence-corrected chi connectivity index (χ2v) is 6.96. The number of carbonyl (C=O) groups is 1. The highest BCUT2D eigenvalue weighted by Crippen LogP contribution is 2.27. The van der Waals surface area contributed by atoms with Crippen molar-refractivity contribution in [2.24, 2.45) is 0 Å². The molecular weight excluding hydrogens is 348 g/mol. The van der Waals surface area contributed by atoms with Crippen LogP contribution in [0.15, 0.2) is 33.6 Å². The molecule has 0 bridgehead atoms. The first kappa shape index (κ1) is 15.4. The number of ether oxygens (including phenoxy) is 1. The van der Waals surface area contributed by atoms with Crippen LogP contribution in [0, 0.1) is 0 Å². The quantitative estimate of drug-likeness (QED) is 0.853. The Labute approximate surface area is 126 Å². The number of likely N-dealkylation sites (N-methyl/N-ethyl adjacent to an activating group) is 1. The number of nitrogens with one attached hydrogen (secondary N) is 1. The van der Waals surface area contributed by atoms with Crippen molar-refractivity contribution in [1.29, 1.82) is 0 Å². The van der Waals surface area contributed by atoms with E-state index >= 15 is 0 Å². The van der Waals surface area contributed by atoms with Crippen LogP contribution in [-0.2, 0) is 19.6 Å². The molecule has 110 valence electrons. The van der Waals surface area contributed by atoms with Crippen LogP contribution in [0.1, 0.15) is 0 Å². The summed E-state index contributed by atoms with van der Waals surface area (Å²) in [6.45, 7) is 0.488. The summed E-state index contributed by atoms with van der Waals surface area (Å²) in [5, 5.41) is 2.47. The summed E-state index contributed by atoms with van der Waals surface area (Å²) in [5.41, 5.74) is 0. The molecule has 1 saturated heterocycles. The lowest BCUT2D eigenvalue weighted by atomic mass is 10.2. The third-order valence-electron chi connectivity index (χ3n) is 3.05. The van der Waals surface area contributed by atoms with Gasteiger partial charge in [-0.1, -0.05) is 12.1 Å². The van der Waals surface area contributed by atoms with Crippen molar-refractivity contribution in [2.45, 2.75) is 10.9 Å². The van der Waals surface area contributed by atoms with Gasteiger partial charge in [-0.15, -0.1) is 0 Å². The average Bonchev–Trinajstić information content (AvgIpc) is 2.46. The molecule has 1 amide bonds. The van der Waals surface area contributed by atoms with E-state index in [-0.39, 0.29) is 30.6 Å². The van der Waals surface area contributed by atoms with Crippen molar-refractivity contribution >= 4 is 31.9 Å². The van der Waals surface area contributed by atoms with E-state index in [1.807, 2.05) is 0 Å². The molecule has 1 fully saturated rings. The molecule has 1 atom stereocenters. The third kappa shape index (κ3) is 2.88. The molecule has 0 aliphatic carbocycles. The van der Waals surface area contributed by atoms with Crippen molar-refractivity contribution in [3.05, 3.63) is 28.7 Å². The summed E-state index contributed by atoms with van der Waals surface area (Å²) in [7, 11) is -2.28. The van der Waals surface area contributed by atoms with Crippen LogP contribution in [-0.4, -0.2) is 51.5 Å². The van der Waals surface area contributed by atoms with Gasteiger partial charge < -0.3 is 10.1 Å². The summed E-state index contributed by atoms with van der Waals surface area (Å²) in [6, 6.07) is 5.70. The normalized spacial score (nSPS) is 20.6. The van der Waals surface area contributed by atoms with Gasteiger partial charge in [0.1, 0.15) is 6.04 Å². The lowest BCUT2D eigenvalue weighted by Gasteiger charge is -2.33. The molecule has 8 heteroatoms. The first-order valence-corrected chi connectivity index (χ1v) is 8.27. The fourth-order valence-corrected chi connectivity index (χ4v) is 4.55. The number of hydrogen-bond acceptors (Lipinski definition) is 4. The topological polar surface area (TPSA) is 75.7 Å². The van der Waals surface area contributed by atoms with Gasteiger partial charge >= 0.3 is 0 Å². The minimum Gasteiger partial charge on any atom is -0.378 e. The molecule has 2 rings (SSSR count). The second-order valence-electron chi connectivity index (χ2n) is 4.25. The van der Waals surface area contributed by atoms with E-state index in [2.05, 4.69) is 21.2 Å². The molecule has 0 saturated carbocycles. The fraction of sp³-hybridized carbons (Fsp3) is 0.417. The number of halogens is 1. The third-order valence-corrected chi connectivity index (χ3v) is 5.97. The van der Waals surface area contributed by atoms with Crippen LogP contribution in [0.5, 0.6) is 0 Å². The van der Waals surface area contributed by atoms with Crippen LogP contribution in [0.4, 0.5) is 0 Å². The van der Waals surface area contributed by atoms with Crippen molar-refractivity contribution < 1.29 is 17.9 Å². The summed E-state index contributed by atoms with van der Waals surface area (Å²) < 4.78 is 32.3. The molecule has 1 aromatic rings. The van der Waals surface area contributed by atoms with E-state index in [0.29, 0.717) is 4.47 Å². The number of hydrogen-bond donors (Lipinski definition) is 1. The van der Waals surface area contributed by atoms with Gasteiger partial charge in [0, 0.05) is 18.1 Å². The smallest absolute Gasteiger partial charge is 0.245 e. The lowest BCUT2D eigenvalue weighted by Crippen LogP contribution is -2.55. The van der Waals surface area contributed by atoms with Crippen LogP contribution in [0.25, 0.3) is 0 Å². The van der Waals surface area contributed by atoms with Gasteiger partial charge in [0.2, 0.25) is 15.9 Å². The molecule has 1 heterocycles. The van der Waals surface area contributed by atoms with Gasteiger partial charge in [0.25, 0.3) is 0 Å². The lowest BCUT2D eigenvalue weighted by molar-refractivity contribution is -0.128. The van der Waals surface area contributed by atoms with E-state index in [1.165, 1.54) is 17.4 Å². The molecule has 1 N–H and O–H groups in total. The summed E-state index contributed by atoms with van der Waals surface area (Å²) >= 11 is 3.24. The summed E-state index contributed by atoms with van der Waals surface area (Å²) in [5.74, 6) is -0.375. The Morgan fingerprint density at radius 2 is 2.15 bits per heavy atom. The van der Waals surface area contributed by atoms with Gasteiger partial charge in [-0.25, -0.2) is 8.42 Å². The molecule has 1 unspecified atom stereocenters. The molecule has 0 radical (unpaired) electrons. The average molecular weight is 363 g/mol. The molecule has 0 spiro atoms. The molecule has 1 aromatic carbocycles. The maximum atomic E-state index is 12.7. The number of amides is 1. The van der Waals surface area contributed by atoms with Gasteiger partial charge in [-0.3, -0.25) is 4.79 Å². The Morgan fingerprint density at radius 1 is 1.45 bits per heavy atom. The molecule has 0 aromatic heterocycles. The monoisotopic (exact) mass is 362 g/mol. The fourth-order valence-electron chi connectivity index (χ4n) is 2.03. The van der Waals surface area contributed by atoms with Gasteiger partial charge in [0.15, 0.2) is 0 Å². The number of benzene rings is 1. The number of morpholine rings is 1. The highest BCUT2D eigenvalue weighted by molar-refractivity contribution is 9.10. The Balaban J connectivity index is 2.41. The zero-order valence-electron chi connectivity index (χ0n) is 10.9. The highest BCUT2D eigenvalue weighted by atomic mass is 79.9. The van der Waals surface area contributed by atoms with E-state index in [0.717, 1.165) is 0 Å². The van der Waals surface area contributed by atoms with Gasteiger partial charge in [-0.2, -0.15) is 4.31 Å². The zero-order chi connectivity index (χ0) is 14.8. The number of nitrogens with zero attached hydrogens (tertiary/aromatic N) is 1. The van der Waals surface area contributed by atoms with Gasteiger partial charge in [0.05, 0.1) is 18.1 Å². The standard InChI is InChI=1S/C12H15BrN2O4S/c1-14-12(16)10-8-19-7-6-15(10)20(17,18)11-5-3-2-4-9(11)13/h2-5,10H,6-8H2,1H3,(H,14,16). The number of sulfonamides is 1. The predicted molar refractivity (Wildman–Crippen MR) is 76.7 cm³/mol. The zero-order valence-corrected chi connectivity index (χ0v) is 13.3. The first-order valence-electron chi connectivity index (χ1n) is 6.04. The Bertz CT molecular complexity index is 605. The van der Waals surface area contributed by atoms with Crippen LogP contribution in [0.3, 0.4) is 0 Å². The molecule has 6 nitrogen and oxygen atoms in total. The van der Waals surface area contributed by atoms with E-state index in [1.54, 1.807) is 18.2 Å². The Morgan fingerprint density at radius 3 is 2.80 bits per heavy atom. The molecule has 1 aliphatic heterocycles. The van der Waals surface area contributed by atoms with Gasteiger partial charge in [-0.05, 0) is 28.1 Å². The Kier molecular flexibility index (Phi) is 4.79. The molecule has 20 heavy (non-hydrogen) atoms. The molecular formula is C12H15BrN2O4S. The first-order chi connectivity index (χ1) is 9.48. The van der Waals surface area contributed by atoms with E-state index in [9.17, 15) is 13.2 Å². The number of carbonyl (C=O) groups excluding carboxylic acids is 1. The minimum atomic E-state index is -3.75. The van der Waals surface area contributed by atoms with E-state index < -0.39 is 16.1 Å². The molecule has 1 aliphatic rings. The largest absolute Gasteiger partial charge is 0.378 e. The van der Waals surface area contributed by atoms with Crippen molar-refractivity contribution in [3.63, 3.8) is 0 Å². The summed E-state index contributed by atoms with van der Waals surface area (Å²) in [4.78, 5) is 12.0. The minimum absolute atomic E-state index is 0.0589. The number of rotatable bonds is 3. The van der Waals surface area contributed by atoms with Crippen molar-refractivity contribution in [1.82, 2.24) is 9.62 Å². The van der Waals surface area contributed by atoms with Crippen molar-refractivity contribution in [2.75, 3.05) is 26.8 Å². The van der Waals surface area contributed by atoms with E-state index in [4.69, 9.17) is 4.74 Å². The SMILES string of the molecule is CNC(=O)C1COCCN1S(=O)(=O)c1ccccc1Br. The van der Waals surface area contributed by atoms with Crippen LogP contribution >= 0.6 is 15.9 Å². The maximum Gasteiger partial charge on any atom is 0.245 e. The van der Waals surface area contributed by atoms with Crippen molar-refractivity contribution in [3.8, 4) is 0 Å². The van der Waals surface area contributed by atoms with Crippen LogP contribution < -0.4 is 5.32 Å². The highest BCUT2D eigenvalue weighted by Gasteiger charge is 2.38. The maximum absolute atomic E-state index is 12.7. The predicted octanol–water partition coefficient (Wildman–Crippen LogP) is 0.585. The second kappa shape index (κ2) is 6.21. The summed E-state index contributed by atoms with van der Waals surface area (Å²) in [6.07, 6.45) is 0. The van der Waals surface area contributed by atoms with Crippen LogP contribution in [0.2, 0.25) is 0 Å². The Hall–Kier alpha value is -0.960.